The Balaban J connectivity index is 1.79. The fourth-order valence-electron chi connectivity index (χ4n) is 4.52. The zero-order chi connectivity index (χ0) is 18.3. The van der Waals surface area contributed by atoms with Crippen LogP contribution in [0.3, 0.4) is 0 Å². The van der Waals surface area contributed by atoms with Gasteiger partial charge >= 0.3 is 0 Å². The molecule has 0 aromatic heterocycles. The second-order valence-electron chi connectivity index (χ2n) is 7.31. The van der Waals surface area contributed by atoms with E-state index < -0.39 is 0 Å². The molecule has 2 heterocycles. The second kappa shape index (κ2) is 6.67. The van der Waals surface area contributed by atoms with Crippen molar-refractivity contribution in [3.63, 3.8) is 0 Å². The lowest BCUT2D eigenvalue weighted by molar-refractivity contribution is -0.128. The topological polar surface area (TPSA) is 38.8 Å². The molecule has 136 valence electrons. The molecule has 2 bridgehead atoms. The van der Waals surface area contributed by atoms with Crippen LogP contribution in [-0.2, 0) is 4.79 Å². The highest BCUT2D eigenvalue weighted by atomic mass is 16.5. The monoisotopic (exact) mass is 351 g/mol. The number of rotatable bonds is 4. The minimum absolute atomic E-state index is 0.0656. The molecule has 2 saturated heterocycles. The van der Waals surface area contributed by atoms with Crippen molar-refractivity contribution >= 4 is 11.5 Å². The number of methoxy groups -OCH3 is 2. The molecule has 4 nitrogen and oxygen atoms in total. The number of fused-ring (bicyclic) bond motifs is 3. The van der Waals surface area contributed by atoms with Gasteiger partial charge in [-0.25, -0.2) is 0 Å². The molecule has 1 saturated carbocycles. The molecule has 0 spiro atoms. The van der Waals surface area contributed by atoms with Gasteiger partial charge in [-0.15, -0.1) is 0 Å². The smallest absolute Gasteiger partial charge is 0.162 e. The third-order valence-corrected chi connectivity index (χ3v) is 5.82. The summed E-state index contributed by atoms with van der Waals surface area (Å²) in [6.45, 7) is 2.09. The number of ether oxygens (including phenoxy) is 2. The Bertz CT molecular complexity index is 815. The van der Waals surface area contributed by atoms with E-state index in [2.05, 4.69) is 42.2 Å². The lowest BCUT2D eigenvalue weighted by Gasteiger charge is -2.52. The summed E-state index contributed by atoms with van der Waals surface area (Å²) in [5.74, 6) is 1.92. The molecule has 3 fully saturated rings. The first-order valence-electron chi connectivity index (χ1n) is 9.22. The maximum absolute atomic E-state index is 12.6. The molecule has 0 radical (unpaired) electrons. The van der Waals surface area contributed by atoms with Crippen molar-refractivity contribution in [1.29, 1.82) is 0 Å². The van der Waals surface area contributed by atoms with Gasteiger partial charge in [-0.3, -0.25) is 4.79 Å². The fraction of sp³-hybridized carbons (Fsp3) is 0.409. The van der Waals surface area contributed by atoms with Gasteiger partial charge in [0.2, 0.25) is 0 Å². The van der Waals surface area contributed by atoms with Gasteiger partial charge in [0, 0.05) is 30.1 Å². The predicted molar refractivity (Wildman–Crippen MR) is 102 cm³/mol. The summed E-state index contributed by atoms with van der Waals surface area (Å²) in [7, 11) is 3.30. The van der Waals surface area contributed by atoms with E-state index in [1.54, 1.807) is 14.2 Å². The minimum Gasteiger partial charge on any atom is -0.493 e. The number of benzene rings is 2. The quantitative estimate of drug-likeness (QED) is 0.823. The third kappa shape index (κ3) is 2.74. The highest BCUT2D eigenvalue weighted by Gasteiger charge is 2.47. The number of anilines is 1. The van der Waals surface area contributed by atoms with E-state index in [-0.39, 0.29) is 18.0 Å². The normalized spacial score (nSPS) is 24.7. The van der Waals surface area contributed by atoms with Gasteiger partial charge < -0.3 is 14.4 Å². The van der Waals surface area contributed by atoms with E-state index in [1.807, 2.05) is 12.1 Å². The van der Waals surface area contributed by atoms with Crippen molar-refractivity contribution in [3.05, 3.63) is 53.6 Å². The summed E-state index contributed by atoms with van der Waals surface area (Å²) in [6.07, 6.45) is 2.68. The van der Waals surface area contributed by atoms with E-state index in [0.717, 1.165) is 30.0 Å². The minimum atomic E-state index is 0.0656. The second-order valence-corrected chi connectivity index (χ2v) is 7.31. The summed E-state index contributed by atoms with van der Waals surface area (Å²) in [4.78, 5) is 15.1. The molecule has 0 unspecified atom stereocenters. The van der Waals surface area contributed by atoms with Crippen LogP contribution >= 0.6 is 0 Å². The van der Waals surface area contributed by atoms with Crippen LogP contribution in [0, 0.1) is 12.8 Å². The SMILES string of the molecule is COc1ccc(N2[C@H]3CC[C@H](C(=O)C3)[C@H]2c2ccc(C)cc2)cc1OC. The van der Waals surface area contributed by atoms with Gasteiger partial charge in [0.25, 0.3) is 0 Å². The number of aryl methyl sites for hydroxylation is 1. The lowest BCUT2D eigenvalue weighted by atomic mass is 9.71. The summed E-state index contributed by atoms with van der Waals surface area (Å²) in [5, 5.41) is 0. The van der Waals surface area contributed by atoms with Crippen molar-refractivity contribution < 1.29 is 14.3 Å². The Morgan fingerprint density at radius 2 is 1.69 bits per heavy atom. The third-order valence-electron chi connectivity index (χ3n) is 5.82. The number of piperidine rings is 2. The first kappa shape index (κ1) is 17.0. The molecule has 1 aliphatic carbocycles. The first-order valence-corrected chi connectivity index (χ1v) is 9.22. The average Bonchev–Trinajstić information content (AvgIpc) is 2.67. The summed E-state index contributed by atoms with van der Waals surface area (Å²) in [5.41, 5.74) is 3.54. The average molecular weight is 351 g/mol. The van der Waals surface area contributed by atoms with E-state index in [1.165, 1.54) is 11.1 Å². The van der Waals surface area contributed by atoms with Crippen LogP contribution in [0.1, 0.15) is 36.4 Å². The van der Waals surface area contributed by atoms with Gasteiger partial charge in [0.1, 0.15) is 5.78 Å². The molecule has 0 amide bonds. The number of ketones is 1. The van der Waals surface area contributed by atoms with Gasteiger partial charge in [-0.2, -0.15) is 0 Å². The number of hydrogen-bond acceptors (Lipinski definition) is 4. The van der Waals surface area contributed by atoms with Crippen LogP contribution < -0.4 is 14.4 Å². The number of carbonyl (C=O) groups excluding carboxylic acids is 1. The number of hydrogen-bond donors (Lipinski definition) is 0. The van der Waals surface area contributed by atoms with Crippen molar-refractivity contribution in [2.45, 2.75) is 38.3 Å². The van der Waals surface area contributed by atoms with Crippen molar-refractivity contribution in [2.75, 3.05) is 19.1 Å². The molecular formula is C22H25NO3. The van der Waals surface area contributed by atoms with E-state index in [4.69, 9.17) is 9.47 Å². The molecule has 0 N–H and O–H groups in total. The molecule has 5 rings (SSSR count). The molecular weight excluding hydrogens is 326 g/mol. The van der Waals surface area contributed by atoms with Crippen molar-refractivity contribution in [1.82, 2.24) is 0 Å². The van der Waals surface area contributed by atoms with Crippen molar-refractivity contribution in [3.8, 4) is 11.5 Å². The van der Waals surface area contributed by atoms with Crippen LogP contribution in [-0.4, -0.2) is 26.0 Å². The zero-order valence-electron chi connectivity index (χ0n) is 15.6. The molecule has 3 aliphatic rings. The van der Waals surface area contributed by atoms with Gasteiger partial charge in [-0.1, -0.05) is 29.8 Å². The standard InChI is InChI=1S/C22H25NO3/c1-14-4-6-15(7-5-14)22-18-10-8-16(12-19(18)24)23(22)17-9-11-20(25-2)21(13-17)26-3/h4-7,9,11,13,16,18,22H,8,10,12H2,1-3H3/t16-,18+,22+/m0/s1. The van der Waals surface area contributed by atoms with Crippen LogP contribution in [0.5, 0.6) is 11.5 Å². The molecule has 4 heteroatoms. The Morgan fingerprint density at radius 1 is 0.962 bits per heavy atom. The van der Waals surface area contributed by atoms with Gasteiger partial charge in [-0.05, 0) is 37.5 Å². The van der Waals surface area contributed by atoms with Crippen LogP contribution in [0.2, 0.25) is 0 Å². The highest BCUT2D eigenvalue weighted by Crippen LogP contribution is 2.49. The largest absolute Gasteiger partial charge is 0.493 e. The van der Waals surface area contributed by atoms with E-state index in [0.29, 0.717) is 12.2 Å². The maximum Gasteiger partial charge on any atom is 0.162 e. The zero-order valence-corrected chi connectivity index (χ0v) is 15.6. The Hall–Kier alpha value is -2.49. The van der Waals surface area contributed by atoms with Gasteiger partial charge in [0.05, 0.1) is 20.3 Å². The molecule has 2 aromatic carbocycles. The number of carbonyl (C=O) groups is 1. The Labute approximate surface area is 154 Å². The lowest BCUT2D eigenvalue weighted by Crippen LogP contribution is -2.54. The molecule has 3 atom stereocenters. The summed E-state index contributed by atoms with van der Waals surface area (Å²) in [6, 6.07) is 15.0. The van der Waals surface area contributed by atoms with E-state index >= 15 is 0 Å². The van der Waals surface area contributed by atoms with Crippen LogP contribution in [0.4, 0.5) is 5.69 Å². The fourth-order valence-corrected chi connectivity index (χ4v) is 4.52. The Morgan fingerprint density at radius 3 is 2.35 bits per heavy atom. The first-order chi connectivity index (χ1) is 12.6. The summed E-state index contributed by atoms with van der Waals surface area (Å²) < 4.78 is 10.9. The summed E-state index contributed by atoms with van der Waals surface area (Å²) >= 11 is 0. The van der Waals surface area contributed by atoms with E-state index in [9.17, 15) is 4.79 Å². The van der Waals surface area contributed by atoms with Crippen LogP contribution in [0.15, 0.2) is 42.5 Å². The van der Waals surface area contributed by atoms with Crippen molar-refractivity contribution in [2.24, 2.45) is 5.92 Å². The molecule has 26 heavy (non-hydrogen) atoms. The predicted octanol–water partition coefficient (Wildman–Crippen LogP) is 4.31. The molecule has 2 aromatic rings. The maximum atomic E-state index is 12.6. The number of nitrogens with zero attached hydrogens (tertiary/aromatic N) is 1. The Kier molecular flexibility index (Phi) is 4.35. The molecule has 2 aliphatic heterocycles. The number of Topliss-reactive ketones (excluding diaryl/α,β-unsaturated/α-hetero) is 1. The van der Waals surface area contributed by atoms with Gasteiger partial charge in [0.15, 0.2) is 11.5 Å². The van der Waals surface area contributed by atoms with Crippen LogP contribution in [0.25, 0.3) is 0 Å². The highest BCUT2D eigenvalue weighted by molar-refractivity contribution is 5.86.